The fourth-order valence-electron chi connectivity index (χ4n) is 2.61. The van der Waals surface area contributed by atoms with Crippen LogP contribution in [0.2, 0.25) is 5.02 Å². The van der Waals surface area contributed by atoms with Gasteiger partial charge in [-0.3, -0.25) is 9.78 Å². The van der Waals surface area contributed by atoms with Gasteiger partial charge in [0.25, 0.3) is 5.91 Å². The zero-order valence-corrected chi connectivity index (χ0v) is 16.4. The van der Waals surface area contributed by atoms with Gasteiger partial charge in [0.1, 0.15) is 5.82 Å². The van der Waals surface area contributed by atoms with Gasteiger partial charge in [0.15, 0.2) is 0 Å². The Morgan fingerprint density at radius 2 is 1.96 bits per heavy atom. The van der Waals surface area contributed by atoms with E-state index in [1.807, 2.05) is 30.5 Å². The monoisotopic (exact) mass is 416 g/mol. The highest BCUT2D eigenvalue weighted by Crippen LogP contribution is 2.25. The van der Waals surface area contributed by atoms with E-state index in [2.05, 4.69) is 10.3 Å². The van der Waals surface area contributed by atoms with Crippen molar-refractivity contribution < 1.29 is 14.3 Å². The number of aliphatic hydroxyl groups excluding tert-OH is 1. The number of hydrogen-bond acceptors (Lipinski definition) is 4. The lowest BCUT2D eigenvalue weighted by molar-refractivity contribution is 0.0915. The average molecular weight is 417 g/mol. The van der Waals surface area contributed by atoms with E-state index in [1.165, 1.54) is 12.1 Å². The Labute approximate surface area is 171 Å². The second kappa shape index (κ2) is 9.68. The summed E-state index contributed by atoms with van der Waals surface area (Å²) in [5.74, 6) is -0.270. The van der Waals surface area contributed by atoms with Crippen LogP contribution in [0.25, 0.3) is 0 Å². The molecule has 0 aliphatic heterocycles. The molecule has 2 N–H and O–H groups in total. The molecule has 1 amide bonds. The van der Waals surface area contributed by atoms with Crippen LogP contribution in [0.1, 0.15) is 27.5 Å². The normalized spacial score (nSPS) is 11.8. The van der Waals surface area contributed by atoms with Crippen molar-refractivity contribution in [3.63, 3.8) is 0 Å². The predicted molar refractivity (Wildman–Crippen MR) is 109 cm³/mol. The quantitative estimate of drug-likeness (QED) is 0.551. The number of thioether (sulfide) groups is 1. The number of nitrogens with zero attached hydrogens (tertiary/aromatic N) is 1. The standard InChI is InChI=1S/C21H18ClFN2O2S/c22-18-5-1-4-17(20(18)23)19(12-26)25-21(27)15-6-8-16(9-7-15)28-13-14-3-2-10-24-11-14/h1-11,19,26H,12-13H2,(H,25,27)/t19-/m1/s1. The molecular weight excluding hydrogens is 399 g/mol. The smallest absolute Gasteiger partial charge is 0.251 e. The largest absolute Gasteiger partial charge is 0.394 e. The molecule has 7 heteroatoms. The second-order valence-corrected chi connectivity index (χ2v) is 7.48. The number of nitrogens with one attached hydrogen (secondary N) is 1. The Balaban J connectivity index is 1.64. The van der Waals surface area contributed by atoms with E-state index < -0.39 is 24.4 Å². The molecule has 0 saturated carbocycles. The number of aromatic nitrogens is 1. The van der Waals surface area contributed by atoms with E-state index in [0.717, 1.165) is 16.2 Å². The van der Waals surface area contributed by atoms with Crippen molar-refractivity contribution in [3.8, 4) is 0 Å². The van der Waals surface area contributed by atoms with Crippen LogP contribution in [0.3, 0.4) is 0 Å². The van der Waals surface area contributed by atoms with Gasteiger partial charge in [-0.1, -0.05) is 29.8 Å². The SMILES string of the molecule is O=C(N[C@H](CO)c1cccc(Cl)c1F)c1ccc(SCc2cccnc2)cc1. The molecular formula is C21H18ClFN2O2S. The van der Waals surface area contributed by atoms with Crippen LogP contribution in [0.5, 0.6) is 0 Å². The summed E-state index contributed by atoms with van der Waals surface area (Å²) in [5.41, 5.74) is 1.68. The highest BCUT2D eigenvalue weighted by molar-refractivity contribution is 7.98. The lowest BCUT2D eigenvalue weighted by Gasteiger charge is -2.18. The molecule has 0 spiro atoms. The first-order chi connectivity index (χ1) is 13.6. The summed E-state index contributed by atoms with van der Waals surface area (Å²) < 4.78 is 14.2. The number of hydrogen-bond donors (Lipinski definition) is 2. The minimum Gasteiger partial charge on any atom is -0.394 e. The fourth-order valence-corrected chi connectivity index (χ4v) is 3.62. The summed E-state index contributed by atoms with van der Waals surface area (Å²) in [6.07, 6.45) is 3.55. The second-order valence-electron chi connectivity index (χ2n) is 6.03. The summed E-state index contributed by atoms with van der Waals surface area (Å²) >= 11 is 7.42. The topological polar surface area (TPSA) is 62.2 Å². The van der Waals surface area contributed by atoms with Crippen molar-refractivity contribution in [1.29, 1.82) is 0 Å². The van der Waals surface area contributed by atoms with Crippen LogP contribution >= 0.6 is 23.4 Å². The van der Waals surface area contributed by atoms with E-state index in [0.29, 0.717) is 5.56 Å². The summed E-state index contributed by atoms with van der Waals surface area (Å²) in [4.78, 5) is 17.6. The molecule has 3 rings (SSSR count). The number of rotatable bonds is 7. The first-order valence-corrected chi connectivity index (χ1v) is 9.92. The predicted octanol–water partition coefficient (Wildman–Crippen LogP) is 4.63. The van der Waals surface area contributed by atoms with Crippen molar-refractivity contribution in [2.45, 2.75) is 16.7 Å². The molecule has 0 fully saturated rings. The van der Waals surface area contributed by atoms with Crippen molar-refractivity contribution >= 4 is 29.3 Å². The summed E-state index contributed by atoms with van der Waals surface area (Å²) in [7, 11) is 0. The van der Waals surface area contributed by atoms with Crippen molar-refractivity contribution in [2.24, 2.45) is 0 Å². The van der Waals surface area contributed by atoms with Gasteiger partial charge in [-0.05, 0) is 42.0 Å². The first-order valence-electron chi connectivity index (χ1n) is 8.56. The van der Waals surface area contributed by atoms with Gasteiger partial charge in [0.2, 0.25) is 0 Å². The number of benzene rings is 2. The Morgan fingerprint density at radius 1 is 1.18 bits per heavy atom. The van der Waals surface area contributed by atoms with Gasteiger partial charge < -0.3 is 10.4 Å². The van der Waals surface area contributed by atoms with Crippen LogP contribution in [-0.4, -0.2) is 22.6 Å². The molecule has 0 saturated heterocycles. The lowest BCUT2D eigenvalue weighted by Crippen LogP contribution is -2.31. The highest BCUT2D eigenvalue weighted by Gasteiger charge is 2.19. The molecule has 0 aliphatic carbocycles. The third-order valence-corrected chi connectivity index (χ3v) is 5.46. The lowest BCUT2D eigenvalue weighted by atomic mass is 10.1. The zero-order valence-electron chi connectivity index (χ0n) is 14.8. The number of pyridine rings is 1. The van der Waals surface area contributed by atoms with Crippen LogP contribution in [-0.2, 0) is 5.75 Å². The molecule has 0 aliphatic rings. The number of halogens is 2. The molecule has 144 valence electrons. The van der Waals surface area contributed by atoms with Crippen LogP contribution in [0.4, 0.5) is 4.39 Å². The molecule has 1 aromatic heterocycles. The molecule has 1 atom stereocenters. The Hall–Kier alpha value is -2.41. The van der Waals surface area contributed by atoms with Crippen molar-refractivity contribution in [3.05, 3.63) is 94.5 Å². The Kier molecular flexibility index (Phi) is 7.03. The molecule has 1 heterocycles. The molecule has 0 radical (unpaired) electrons. The van der Waals surface area contributed by atoms with Crippen LogP contribution in [0.15, 0.2) is 71.9 Å². The maximum atomic E-state index is 14.2. The van der Waals surface area contributed by atoms with E-state index in [9.17, 15) is 14.3 Å². The fraction of sp³-hybridized carbons (Fsp3) is 0.143. The highest BCUT2D eigenvalue weighted by atomic mass is 35.5. The number of aliphatic hydroxyl groups is 1. The molecule has 3 aromatic rings. The van der Waals surface area contributed by atoms with Crippen LogP contribution < -0.4 is 5.32 Å². The summed E-state index contributed by atoms with van der Waals surface area (Å²) in [6, 6.07) is 14.6. The molecule has 2 aromatic carbocycles. The van der Waals surface area contributed by atoms with E-state index >= 15 is 0 Å². The number of carbonyl (C=O) groups is 1. The summed E-state index contributed by atoms with van der Waals surface area (Å²) in [5, 5.41) is 12.2. The molecule has 0 bridgehead atoms. The maximum Gasteiger partial charge on any atom is 0.251 e. The van der Waals surface area contributed by atoms with Crippen molar-refractivity contribution in [1.82, 2.24) is 10.3 Å². The molecule has 0 unspecified atom stereocenters. The Morgan fingerprint density at radius 3 is 2.64 bits per heavy atom. The van der Waals surface area contributed by atoms with E-state index in [1.54, 1.807) is 36.2 Å². The molecule has 28 heavy (non-hydrogen) atoms. The summed E-state index contributed by atoms with van der Waals surface area (Å²) in [6.45, 7) is -0.442. The van der Waals surface area contributed by atoms with Gasteiger partial charge in [0.05, 0.1) is 17.7 Å². The van der Waals surface area contributed by atoms with Gasteiger partial charge in [-0.15, -0.1) is 11.8 Å². The zero-order chi connectivity index (χ0) is 19.9. The molecule has 4 nitrogen and oxygen atoms in total. The minimum atomic E-state index is -0.883. The number of carbonyl (C=O) groups excluding carboxylic acids is 1. The third-order valence-electron chi connectivity index (χ3n) is 4.09. The van der Waals surface area contributed by atoms with Crippen LogP contribution in [0, 0.1) is 5.82 Å². The minimum absolute atomic E-state index is 0.0554. The van der Waals surface area contributed by atoms with Crippen molar-refractivity contribution in [2.75, 3.05) is 6.61 Å². The van der Waals surface area contributed by atoms with Gasteiger partial charge in [-0.2, -0.15) is 0 Å². The number of amides is 1. The van der Waals surface area contributed by atoms with Gasteiger partial charge in [0, 0.05) is 34.2 Å². The van der Waals surface area contributed by atoms with E-state index in [4.69, 9.17) is 11.6 Å². The van der Waals surface area contributed by atoms with Gasteiger partial charge in [-0.25, -0.2) is 4.39 Å². The maximum absolute atomic E-state index is 14.2. The van der Waals surface area contributed by atoms with Gasteiger partial charge >= 0.3 is 0 Å². The third kappa shape index (κ3) is 5.10. The van der Waals surface area contributed by atoms with E-state index in [-0.39, 0.29) is 10.6 Å². The Bertz CT molecular complexity index is 939. The first kappa shape index (κ1) is 20.3. The average Bonchev–Trinajstić information content (AvgIpc) is 2.73.